The zero-order chi connectivity index (χ0) is 33.5. The van der Waals surface area contributed by atoms with Gasteiger partial charge in [0.05, 0.1) is 10.1 Å². The zero-order valence-electron chi connectivity index (χ0n) is 20.5. The van der Waals surface area contributed by atoms with Gasteiger partial charge in [-0.2, -0.15) is 74.6 Å². The molecule has 0 heterocycles. The molecule has 7 nitrogen and oxygen atoms in total. The summed E-state index contributed by atoms with van der Waals surface area (Å²) < 4.78 is 280. The van der Waals surface area contributed by atoms with Gasteiger partial charge in [-0.15, -0.1) is 0 Å². The van der Waals surface area contributed by atoms with Crippen LogP contribution in [0.2, 0.25) is 0 Å². The van der Waals surface area contributed by atoms with Gasteiger partial charge in [0, 0.05) is 12.3 Å². The van der Waals surface area contributed by atoms with Gasteiger partial charge < -0.3 is 9.45 Å². The molecule has 1 N–H and O–H groups in total. The smallest absolute Gasteiger partial charge is 0.748 e. The van der Waals surface area contributed by atoms with E-state index < -0.39 is 92.4 Å². The van der Waals surface area contributed by atoms with Crippen LogP contribution in [0.4, 0.5) is 74.6 Å². The van der Waals surface area contributed by atoms with Crippen LogP contribution in [0, 0.1) is 0 Å². The summed E-state index contributed by atoms with van der Waals surface area (Å²) in [5.74, 6) is -52.9. The second kappa shape index (κ2) is 13.1. The van der Waals surface area contributed by atoms with Gasteiger partial charge >= 0.3 is 76.5 Å². The molecule has 0 unspecified atom stereocenters. The molecular weight excluding hydrogens is 698 g/mol. The molecule has 0 aromatic heterocycles. The van der Waals surface area contributed by atoms with Crippen molar-refractivity contribution in [2.75, 3.05) is 32.4 Å². The number of nitrogens with one attached hydrogen (secondary N) is 1. The number of rotatable bonds is 16. The van der Waals surface area contributed by atoms with Crippen LogP contribution in [0.25, 0.3) is 0 Å². The van der Waals surface area contributed by atoms with Crippen LogP contribution in [0.1, 0.15) is 12.8 Å². The van der Waals surface area contributed by atoms with Crippen molar-refractivity contribution < 1.29 is 126 Å². The van der Waals surface area contributed by atoms with Gasteiger partial charge in [0.2, 0.25) is 0 Å². The molecule has 0 radical (unpaired) electrons. The predicted octanol–water partition coefficient (Wildman–Crippen LogP) is 1.13. The third-order valence-electron chi connectivity index (χ3n) is 4.97. The number of nitrogens with zero attached hydrogens (tertiary/aromatic N) is 1. The van der Waals surface area contributed by atoms with Crippen molar-refractivity contribution in [1.82, 2.24) is 9.62 Å². The molecule has 27 heteroatoms. The minimum Gasteiger partial charge on any atom is -0.748 e. The Hall–Kier alpha value is -0.410. The topological polar surface area (TPSA) is 107 Å². The Morgan fingerprint density at radius 2 is 0.929 bits per heavy atom. The Labute approximate surface area is 247 Å². The van der Waals surface area contributed by atoms with E-state index in [0.29, 0.717) is 4.72 Å². The van der Waals surface area contributed by atoms with Crippen LogP contribution in [0.15, 0.2) is 0 Å². The van der Waals surface area contributed by atoms with E-state index >= 15 is 0 Å². The van der Waals surface area contributed by atoms with E-state index in [1.165, 1.54) is 0 Å². The van der Waals surface area contributed by atoms with Crippen molar-refractivity contribution in [3.63, 3.8) is 0 Å². The van der Waals surface area contributed by atoms with Crippen molar-refractivity contribution in [1.29, 1.82) is 0 Å². The maximum absolute atomic E-state index is 13.9. The van der Waals surface area contributed by atoms with E-state index in [1.54, 1.807) is 0 Å². The Balaban J connectivity index is 0. The Morgan fingerprint density at radius 1 is 0.595 bits per heavy atom. The summed E-state index contributed by atoms with van der Waals surface area (Å²) >= 11 is 0. The van der Waals surface area contributed by atoms with Crippen molar-refractivity contribution in [3.05, 3.63) is 0 Å². The first-order chi connectivity index (χ1) is 17.6. The van der Waals surface area contributed by atoms with E-state index in [4.69, 9.17) is 0 Å². The fourth-order valence-electron chi connectivity index (χ4n) is 2.59. The molecule has 248 valence electrons. The molecule has 0 spiro atoms. The third kappa shape index (κ3) is 7.86. The van der Waals surface area contributed by atoms with Gasteiger partial charge in [-0.1, -0.05) is 0 Å². The van der Waals surface area contributed by atoms with Crippen LogP contribution in [0.3, 0.4) is 0 Å². The van der Waals surface area contributed by atoms with Gasteiger partial charge in [-0.25, -0.2) is 21.6 Å². The number of halogens is 17. The largest absolute Gasteiger partial charge is 1.00 e. The van der Waals surface area contributed by atoms with Crippen LogP contribution in [-0.4, -0.2) is 106 Å². The van der Waals surface area contributed by atoms with E-state index in [-0.39, 0.29) is 42.5 Å². The molecule has 0 aliphatic rings. The molecule has 0 aliphatic heterocycles. The van der Waals surface area contributed by atoms with Crippen LogP contribution >= 0.6 is 0 Å². The summed E-state index contributed by atoms with van der Waals surface area (Å²) in [5, 5.41) is -7.64. The second-order valence-corrected chi connectivity index (χ2v) is 11.5. The van der Waals surface area contributed by atoms with Gasteiger partial charge in [-0.3, -0.25) is 0 Å². The molecule has 0 saturated heterocycles. The maximum atomic E-state index is 13.9. The Bertz CT molecular complexity index is 1130. The summed E-state index contributed by atoms with van der Waals surface area (Å²) in [7, 11) is -10.9. The van der Waals surface area contributed by atoms with Crippen molar-refractivity contribution in [2.24, 2.45) is 0 Å². The Kier molecular flexibility index (Phi) is 13.7. The second-order valence-electron chi connectivity index (χ2n) is 8.13. The van der Waals surface area contributed by atoms with Crippen LogP contribution < -0.4 is 34.3 Å². The summed E-state index contributed by atoms with van der Waals surface area (Å²) in [5.41, 5.74) is 0. The molecule has 0 fully saturated rings. The maximum Gasteiger partial charge on any atom is 1.00 e. The van der Waals surface area contributed by atoms with Crippen LogP contribution in [-0.2, 0) is 20.1 Å². The molecule has 42 heavy (non-hydrogen) atoms. The first-order valence-corrected chi connectivity index (χ1v) is 13.0. The van der Waals surface area contributed by atoms with Gasteiger partial charge in [0.15, 0.2) is 0 Å². The molecule has 0 atom stereocenters. The number of hydrogen-bond donors (Lipinski definition) is 1. The van der Waals surface area contributed by atoms with Crippen molar-refractivity contribution in [3.8, 4) is 0 Å². The quantitative estimate of drug-likeness (QED) is 0.111. The van der Waals surface area contributed by atoms with Crippen molar-refractivity contribution in [2.45, 2.75) is 59.8 Å². The first-order valence-electron chi connectivity index (χ1n) is 9.93. The fourth-order valence-corrected chi connectivity index (χ4v) is 4.13. The van der Waals surface area contributed by atoms with Crippen molar-refractivity contribution >= 4 is 20.1 Å². The minimum absolute atomic E-state index is 0. The normalized spacial score (nSPS) is 15.6. The molecular formula is C15H16F17N2NaO5S2. The third-order valence-corrected chi connectivity index (χ3v) is 7.28. The summed E-state index contributed by atoms with van der Waals surface area (Å²) in [6.07, 6.45) is -8.99. The average molecular weight is 714 g/mol. The molecule has 0 rings (SSSR count). The summed E-state index contributed by atoms with van der Waals surface area (Å²) in [6, 6.07) is 0. The Morgan fingerprint density at radius 3 is 1.29 bits per heavy atom. The van der Waals surface area contributed by atoms with Crippen LogP contribution in [0.5, 0.6) is 0 Å². The van der Waals surface area contributed by atoms with E-state index in [9.17, 15) is 96.0 Å². The fraction of sp³-hybridized carbons (Fsp3) is 1.00. The number of sulfonamides is 1. The first kappa shape index (κ1) is 43.7. The SMILES string of the molecule is CN(CCCNS(=O)(=O)C(F)(F)C(F)(F)C(F)(F)C(F)(F)C(F)(F)C(F)(F)C(F)(F)C(F)(F)F)CCCS(=O)(=O)[O-].[Na+]. The molecule has 0 bridgehead atoms. The monoisotopic (exact) mass is 714 g/mol. The van der Waals surface area contributed by atoms with Gasteiger partial charge in [0.25, 0.3) is 10.0 Å². The standard InChI is InChI=1S/C15H17F17N2O5S2.Na/c1-34(6-3-7-40(35,36)37)5-2-4-33-41(38,39)15(31,32)13(26,27)11(22,23)9(18,19)8(16,17)10(20,21)12(24,25)14(28,29)30;/h33H,2-7H2,1H3,(H,35,36,37);/q;+1/p-1. The summed E-state index contributed by atoms with van der Waals surface area (Å²) in [6.45, 7) is -2.14. The van der Waals surface area contributed by atoms with E-state index in [0.717, 1.165) is 11.9 Å². The molecule has 0 aromatic rings. The number of hydrogen-bond acceptors (Lipinski definition) is 6. The zero-order valence-corrected chi connectivity index (χ0v) is 24.1. The van der Waals surface area contributed by atoms with E-state index in [1.807, 2.05) is 0 Å². The van der Waals surface area contributed by atoms with Gasteiger partial charge in [-0.05, 0) is 33.0 Å². The molecule has 0 amide bonds. The number of alkyl halides is 17. The molecule has 0 aromatic carbocycles. The van der Waals surface area contributed by atoms with E-state index in [2.05, 4.69) is 0 Å². The predicted molar refractivity (Wildman–Crippen MR) is 98.9 cm³/mol. The average Bonchev–Trinajstić information content (AvgIpc) is 2.74. The van der Waals surface area contributed by atoms with Gasteiger partial charge in [0.1, 0.15) is 0 Å². The minimum atomic E-state index is -8.90. The molecule has 0 aliphatic carbocycles. The summed E-state index contributed by atoms with van der Waals surface area (Å²) in [4.78, 5) is 1.07. The molecule has 0 saturated carbocycles.